The van der Waals surface area contributed by atoms with Gasteiger partial charge in [-0.15, -0.1) is 22.7 Å². The molecule has 1 aliphatic rings. The summed E-state index contributed by atoms with van der Waals surface area (Å²) in [6.07, 6.45) is 0. The average Bonchev–Trinajstić information content (AvgIpc) is 3.34. The maximum Gasteiger partial charge on any atom is 0.265 e. The Morgan fingerprint density at radius 1 is 1.03 bits per heavy atom. The number of sulfonamides is 1. The zero-order valence-electron chi connectivity index (χ0n) is 16.8. The molecule has 6 nitrogen and oxygen atoms in total. The van der Waals surface area contributed by atoms with Gasteiger partial charge in [-0.25, -0.2) is 8.42 Å². The summed E-state index contributed by atoms with van der Waals surface area (Å²) in [5, 5.41) is 4.06. The highest BCUT2D eigenvalue weighted by atomic mass is 32.2. The third-order valence-corrected chi connectivity index (χ3v) is 9.65. The molecule has 0 radical (unpaired) electrons. The molecule has 0 aliphatic carbocycles. The lowest BCUT2D eigenvalue weighted by molar-refractivity contribution is 0.0730. The molecule has 1 N–H and O–H groups in total. The summed E-state index contributed by atoms with van der Waals surface area (Å²) in [5.41, 5.74) is 1.30. The average molecular weight is 473 g/mol. The van der Waals surface area contributed by atoms with Gasteiger partial charge < -0.3 is 10.1 Å². The van der Waals surface area contributed by atoms with Gasteiger partial charge in [0, 0.05) is 33.6 Å². The topological polar surface area (TPSA) is 75.7 Å². The summed E-state index contributed by atoms with van der Waals surface area (Å²) in [5.74, 6) is -0.235. The van der Waals surface area contributed by atoms with Crippen LogP contribution in [-0.2, 0) is 14.8 Å². The predicted octanol–water partition coefficient (Wildman–Crippen LogP) is 4.70. The third-order valence-electron chi connectivity index (χ3n) is 5.34. The Kier molecular flexibility index (Phi) is 5.31. The minimum atomic E-state index is -3.63. The van der Waals surface area contributed by atoms with E-state index in [0.29, 0.717) is 36.9 Å². The summed E-state index contributed by atoms with van der Waals surface area (Å²) in [6.45, 7) is 3.29. The number of thiophene rings is 2. The van der Waals surface area contributed by atoms with Gasteiger partial charge in [0.25, 0.3) is 5.91 Å². The molecule has 3 heterocycles. The molecule has 0 spiro atoms. The molecule has 0 atom stereocenters. The first-order valence-electron chi connectivity index (χ1n) is 9.84. The van der Waals surface area contributed by atoms with Crippen molar-refractivity contribution in [3.63, 3.8) is 0 Å². The van der Waals surface area contributed by atoms with Crippen molar-refractivity contribution in [1.82, 2.24) is 4.31 Å². The lowest BCUT2D eigenvalue weighted by Crippen LogP contribution is -2.40. The maximum absolute atomic E-state index is 13.0. The molecule has 1 fully saturated rings. The molecule has 0 unspecified atom stereocenters. The fourth-order valence-electron chi connectivity index (χ4n) is 3.63. The molecule has 160 valence electrons. The summed E-state index contributed by atoms with van der Waals surface area (Å²) >= 11 is 3.12. The second-order valence-corrected chi connectivity index (χ2v) is 11.4. The first-order valence-corrected chi connectivity index (χ1v) is 12.9. The number of carbonyl (C=O) groups excluding carboxylic acids is 1. The number of morpholine rings is 1. The van der Waals surface area contributed by atoms with Gasteiger partial charge in [-0.1, -0.05) is 24.3 Å². The van der Waals surface area contributed by atoms with Crippen molar-refractivity contribution >= 4 is 63.8 Å². The quantitative estimate of drug-likeness (QED) is 0.467. The van der Waals surface area contributed by atoms with Crippen molar-refractivity contribution in [1.29, 1.82) is 0 Å². The Morgan fingerprint density at radius 3 is 2.61 bits per heavy atom. The monoisotopic (exact) mass is 472 g/mol. The van der Waals surface area contributed by atoms with E-state index in [0.717, 1.165) is 20.3 Å². The van der Waals surface area contributed by atoms with E-state index in [1.165, 1.54) is 20.3 Å². The highest BCUT2D eigenvalue weighted by Crippen LogP contribution is 2.39. The van der Waals surface area contributed by atoms with Crippen LogP contribution in [0.4, 0.5) is 5.69 Å². The first kappa shape index (κ1) is 20.6. The predicted molar refractivity (Wildman–Crippen MR) is 126 cm³/mol. The Labute approximate surface area is 188 Å². The molecule has 1 amide bonds. The van der Waals surface area contributed by atoms with Crippen LogP contribution in [0.1, 0.15) is 15.2 Å². The first-order chi connectivity index (χ1) is 14.9. The van der Waals surface area contributed by atoms with E-state index >= 15 is 0 Å². The van der Waals surface area contributed by atoms with Crippen molar-refractivity contribution in [3.8, 4) is 0 Å². The minimum absolute atomic E-state index is 0.174. The van der Waals surface area contributed by atoms with E-state index in [1.54, 1.807) is 29.5 Å². The lowest BCUT2D eigenvalue weighted by atomic mass is 10.2. The number of fused-ring (bicyclic) bond motifs is 3. The minimum Gasteiger partial charge on any atom is -0.379 e. The smallest absolute Gasteiger partial charge is 0.265 e. The molecule has 2 aromatic heterocycles. The van der Waals surface area contributed by atoms with Gasteiger partial charge in [0.15, 0.2) is 0 Å². The molecule has 4 aromatic rings. The Morgan fingerprint density at radius 2 is 1.81 bits per heavy atom. The molecular formula is C22H20N2O4S3. The van der Waals surface area contributed by atoms with Crippen molar-refractivity contribution < 1.29 is 17.9 Å². The number of carbonyl (C=O) groups is 1. The van der Waals surface area contributed by atoms with Gasteiger partial charge in [0.05, 0.1) is 27.7 Å². The number of nitrogens with zero attached hydrogens (tertiary/aromatic N) is 1. The number of nitrogens with one attached hydrogen (secondary N) is 1. The van der Waals surface area contributed by atoms with Crippen molar-refractivity contribution in [2.75, 3.05) is 31.6 Å². The second kappa shape index (κ2) is 7.99. The van der Waals surface area contributed by atoms with E-state index in [2.05, 4.69) is 17.4 Å². The zero-order valence-corrected chi connectivity index (χ0v) is 19.2. The van der Waals surface area contributed by atoms with E-state index in [9.17, 15) is 13.2 Å². The SMILES string of the molecule is Cc1ccc(S(=O)(=O)N2CCOCC2)cc1NC(=O)c1cc2sc3ccccc3c2s1. The summed E-state index contributed by atoms with van der Waals surface area (Å²) < 4.78 is 36.0. The molecule has 2 aromatic carbocycles. The maximum atomic E-state index is 13.0. The molecule has 31 heavy (non-hydrogen) atoms. The van der Waals surface area contributed by atoms with Crippen LogP contribution in [0, 0.1) is 6.92 Å². The Hall–Kier alpha value is -2.30. The highest BCUT2D eigenvalue weighted by Gasteiger charge is 2.27. The van der Waals surface area contributed by atoms with Gasteiger partial charge in [0.1, 0.15) is 0 Å². The lowest BCUT2D eigenvalue weighted by Gasteiger charge is -2.26. The fraction of sp³-hybridized carbons (Fsp3) is 0.227. The number of ether oxygens (including phenoxy) is 1. The number of amides is 1. The molecule has 0 saturated carbocycles. The molecular weight excluding hydrogens is 452 g/mol. The van der Waals surface area contributed by atoms with Crippen LogP contribution in [0.15, 0.2) is 53.4 Å². The summed E-state index contributed by atoms with van der Waals surface area (Å²) in [4.78, 5) is 13.7. The molecule has 1 aliphatic heterocycles. The van der Waals surface area contributed by atoms with Crippen LogP contribution < -0.4 is 5.32 Å². The van der Waals surface area contributed by atoms with Gasteiger partial charge >= 0.3 is 0 Å². The fourth-order valence-corrected chi connectivity index (χ4v) is 7.48. The zero-order chi connectivity index (χ0) is 21.6. The Bertz CT molecular complexity index is 1400. The van der Waals surface area contributed by atoms with E-state index in [-0.39, 0.29) is 10.8 Å². The number of hydrogen-bond acceptors (Lipinski definition) is 6. The van der Waals surface area contributed by atoms with E-state index < -0.39 is 10.0 Å². The second-order valence-electron chi connectivity index (χ2n) is 7.35. The van der Waals surface area contributed by atoms with Crippen molar-refractivity contribution in [2.24, 2.45) is 0 Å². The number of rotatable bonds is 4. The van der Waals surface area contributed by atoms with Crippen LogP contribution >= 0.6 is 22.7 Å². The van der Waals surface area contributed by atoms with Crippen LogP contribution in [0.2, 0.25) is 0 Å². The Balaban J connectivity index is 1.43. The molecule has 0 bridgehead atoms. The van der Waals surface area contributed by atoms with E-state index in [1.807, 2.05) is 25.1 Å². The van der Waals surface area contributed by atoms with Crippen LogP contribution in [0.3, 0.4) is 0 Å². The highest BCUT2D eigenvalue weighted by molar-refractivity contribution is 7.89. The largest absolute Gasteiger partial charge is 0.379 e. The molecule has 1 saturated heterocycles. The summed E-state index contributed by atoms with van der Waals surface area (Å²) in [7, 11) is -3.63. The van der Waals surface area contributed by atoms with Crippen molar-refractivity contribution in [2.45, 2.75) is 11.8 Å². The van der Waals surface area contributed by atoms with Crippen LogP contribution in [0.25, 0.3) is 19.5 Å². The number of aryl methyl sites for hydroxylation is 1. The van der Waals surface area contributed by atoms with Crippen molar-refractivity contribution in [3.05, 3.63) is 59.0 Å². The van der Waals surface area contributed by atoms with Gasteiger partial charge in [0.2, 0.25) is 10.0 Å². The van der Waals surface area contributed by atoms with Gasteiger partial charge in [-0.3, -0.25) is 4.79 Å². The number of benzene rings is 2. The number of hydrogen-bond donors (Lipinski definition) is 1. The number of anilines is 1. The van der Waals surface area contributed by atoms with Gasteiger partial charge in [-0.2, -0.15) is 4.31 Å². The normalized spacial score (nSPS) is 15.5. The third kappa shape index (κ3) is 3.77. The molecule has 5 rings (SSSR count). The van der Waals surface area contributed by atoms with Gasteiger partial charge in [-0.05, 0) is 36.8 Å². The van der Waals surface area contributed by atoms with Crippen LogP contribution in [-0.4, -0.2) is 44.9 Å². The summed E-state index contributed by atoms with van der Waals surface area (Å²) in [6, 6.07) is 14.9. The van der Waals surface area contributed by atoms with E-state index in [4.69, 9.17) is 4.74 Å². The van der Waals surface area contributed by atoms with Crippen LogP contribution in [0.5, 0.6) is 0 Å². The standard InChI is InChI=1S/C22H20N2O4S3/c1-14-6-7-15(31(26,27)24-8-10-28-11-9-24)12-17(14)23-22(25)20-13-19-21(30-20)16-4-2-3-5-18(16)29-19/h2-7,12-13H,8-11H2,1H3,(H,23,25). The molecule has 9 heteroatoms.